The molecular formula is C27H25Cl2N3O. The maximum absolute atomic E-state index is 12.9. The smallest absolute Gasteiger partial charge is 0.227 e. The summed E-state index contributed by atoms with van der Waals surface area (Å²) < 4.78 is 0. The highest BCUT2D eigenvalue weighted by molar-refractivity contribution is 6.36. The summed E-state index contributed by atoms with van der Waals surface area (Å²) in [6.45, 7) is 2.08. The number of amides is 1. The fraction of sp³-hybridized carbons (Fsp3) is 0.259. The van der Waals surface area contributed by atoms with Crippen molar-refractivity contribution in [3.63, 3.8) is 0 Å². The molecule has 3 aromatic rings. The summed E-state index contributed by atoms with van der Waals surface area (Å²) in [4.78, 5) is 22.2. The first-order valence-corrected chi connectivity index (χ1v) is 12.0. The van der Waals surface area contributed by atoms with Gasteiger partial charge in [0.15, 0.2) is 0 Å². The third kappa shape index (κ3) is 4.50. The second kappa shape index (κ2) is 9.58. The highest BCUT2D eigenvalue weighted by atomic mass is 35.5. The van der Waals surface area contributed by atoms with Gasteiger partial charge in [-0.25, -0.2) is 0 Å². The number of anilines is 1. The number of para-hydroxylation sites is 1. The van der Waals surface area contributed by atoms with E-state index in [-0.39, 0.29) is 12.3 Å². The van der Waals surface area contributed by atoms with Gasteiger partial charge in [-0.1, -0.05) is 77.8 Å². The van der Waals surface area contributed by atoms with Gasteiger partial charge in [0.05, 0.1) is 12.1 Å². The summed E-state index contributed by atoms with van der Waals surface area (Å²) in [5.74, 6) is 0.0758. The average Bonchev–Trinajstić information content (AvgIpc) is 2.86. The van der Waals surface area contributed by atoms with E-state index < -0.39 is 0 Å². The number of hydrogen-bond acceptors (Lipinski definition) is 3. The number of hydrogen-bond donors (Lipinski definition) is 0. The van der Waals surface area contributed by atoms with Crippen LogP contribution in [0.3, 0.4) is 0 Å². The SMILES string of the molecule is O=C(Cc1c(Cl)cccc1Cl)N1CCC(N2CN=C(c3ccccc3)c3ccccc32)CC1. The Morgan fingerprint density at radius 1 is 0.879 bits per heavy atom. The molecule has 2 heterocycles. The standard InChI is InChI=1S/C27H25Cl2N3O/c28-23-10-6-11-24(29)22(23)17-26(33)31-15-13-20(14-16-31)32-18-30-27(19-7-2-1-3-8-19)21-9-4-5-12-25(21)32/h1-12,20H,13-18H2. The average molecular weight is 478 g/mol. The first-order chi connectivity index (χ1) is 16.1. The van der Waals surface area contributed by atoms with E-state index in [0.29, 0.717) is 28.3 Å². The van der Waals surface area contributed by atoms with Crippen molar-refractivity contribution in [2.24, 2.45) is 4.99 Å². The zero-order valence-electron chi connectivity index (χ0n) is 18.3. The molecule has 0 aliphatic carbocycles. The Bertz CT molecular complexity index is 1170. The fourth-order valence-corrected chi connectivity index (χ4v) is 5.31. The molecule has 5 rings (SSSR count). The van der Waals surface area contributed by atoms with Crippen LogP contribution < -0.4 is 4.90 Å². The van der Waals surface area contributed by atoms with Gasteiger partial charge in [-0.15, -0.1) is 0 Å². The van der Waals surface area contributed by atoms with Crippen molar-refractivity contribution >= 4 is 40.5 Å². The minimum atomic E-state index is 0.0758. The Balaban J connectivity index is 1.28. The van der Waals surface area contributed by atoms with Gasteiger partial charge in [0, 0.05) is 46.0 Å². The molecule has 1 saturated heterocycles. The predicted octanol–water partition coefficient (Wildman–Crippen LogP) is 5.84. The van der Waals surface area contributed by atoms with Gasteiger partial charge < -0.3 is 9.80 Å². The van der Waals surface area contributed by atoms with Gasteiger partial charge in [-0.3, -0.25) is 9.79 Å². The molecule has 0 saturated carbocycles. The van der Waals surface area contributed by atoms with Crippen LogP contribution in [0.5, 0.6) is 0 Å². The van der Waals surface area contributed by atoms with Gasteiger partial charge in [-0.05, 0) is 36.6 Å². The third-order valence-corrected chi connectivity index (χ3v) is 7.25. The molecule has 168 valence electrons. The lowest BCUT2D eigenvalue weighted by atomic mass is 9.95. The van der Waals surface area contributed by atoms with Crippen molar-refractivity contribution in [3.8, 4) is 0 Å². The molecule has 2 aliphatic rings. The van der Waals surface area contributed by atoms with Crippen molar-refractivity contribution < 1.29 is 4.79 Å². The Labute approximate surface area is 204 Å². The lowest BCUT2D eigenvalue weighted by molar-refractivity contribution is -0.131. The van der Waals surface area contributed by atoms with Crippen LogP contribution >= 0.6 is 23.2 Å². The minimum Gasteiger partial charge on any atom is -0.348 e. The number of fused-ring (bicyclic) bond motifs is 1. The number of halogens is 2. The van der Waals surface area contributed by atoms with E-state index in [1.807, 2.05) is 11.0 Å². The van der Waals surface area contributed by atoms with Crippen LogP contribution in [-0.4, -0.2) is 42.3 Å². The van der Waals surface area contributed by atoms with Crippen molar-refractivity contribution in [1.82, 2.24) is 4.90 Å². The molecule has 3 aromatic carbocycles. The number of aliphatic imine (C=N–C) groups is 1. The summed E-state index contributed by atoms with van der Waals surface area (Å²) in [7, 11) is 0. The van der Waals surface area contributed by atoms with Crippen LogP contribution in [0, 0.1) is 0 Å². The van der Waals surface area contributed by atoms with E-state index in [1.54, 1.807) is 18.2 Å². The van der Waals surface area contributed by atoms with E-state index >= 15 is 0 Å². The second-order valence-corrected chi connectivity index (χ2v) is 9.30. The van der Waals surface area contributed by atoms with E-state index in [4.69, 9.17) is 28.2 Å². The zero-order chi connectivity index (χ0) is 22.8. The van der Waals surface area contributed by atoms with Crippen LogP contribution in [0.15, 0.2) is 77.8 Å². The highest BCUT2D eigenvalue weighted by Crippen LogP contribution is 2.32. The maximum atomic E-state index is 12.9. The van der Waals surface area contributed by atoms with Crippen molar-refractivity contribution in [2.75, 3.05) is 24.7 Å². The molecule has 0 bridgehead atoms. The molecule has 1 amide bonds. The summed E-state index contributed by atoms with van der Waals surface area (Å²) in [5.41, 5.74) is 5.29. The third-order valence-electron chi connectivity index (χ3n) is 6.54. The summed E-state index contributed by atoms with van der Waals surface area (Å²) in [6.07, 6.45) is 2.06. The summed E-state index contributed by atoms with van der Waals surface area (Å²) >= 11 is 12.5. The quantitative estimate of drug-likeness (QED) is 0.472. The van der Waals surface area contributed by atoms with E-state index in [1.165, 1.54) is 11.3 Å². The van der Waals surface area contributed by atoms with Crippen molar-refractivity contribution in [2.45, 2.75) is 25.3 Å². The molecule has 0 unspecified atom stereocenters. The monoisotopic (exact) mass is 477 g/mol. The van der Waals surface area contributed by atoms with Crippen molar-refractivity contribution in [1.29, 1.82) is 0 Å². The van der Waals surface area contributed by atoms with E-state index in [9.17, 15) is 4.79 Å². The van der Waals surface area contributed by atoms with Gasteiger partial charge in [0.1, 0.15) is 6.67 Å². The lowest BCUT2D eigenvalue weighted by Crippen LogP contribution is -2.48. The number of rotatable bonds is 4. The first-order valence-electron chi connectivity index (χ1n) is 11.3. The fourth-order valence-electron chi connectivity index (χ4n) is 4.78. The zero-order valence-corrected chi connectivity index (χ0v) is 19.8. The van der Waals surface area contributed by atoms with Crippen LogP contribution in [0.4, 0.5) is 5.69 Å². The molecular weight excluding hydrogens is 453 g/mol. The molecule has 4 nitrogen and oxygen atoms in total. The molecule has 1 fully saturated rings. The number of piperidine rings is 1. The van der Waals surface area contributed by atoms with E-state index in [2.05, 4.69) is 53.4 Å². The molecule has 6 heteroatoms. The molecule has 0 spiro atoms. The van der Waals surface area contributed by atoms with Crippen LogP contribution in [0.25, 0.3) is 0 Å². The number of carbonyl (C=O) groups excluding carboxylic acids is 1. The van der Waals surface area contributed by atoms with Gasteiger partial charge in [0.2, 0.25) is 5.91 Å². The van der Waals surface area contributed by atoms with Crippen LogP contribution in [0.1, 0.15) is 29.5 Å². The molecule has 0 radical (unpaired) electrons. The highest BCUT2D eigenvalue weighted by Gasteiger charge is 2.31. The Morgan fingerprint density at radius 2 is 1.55 bits per heavy atom. The Kier molecular flexibility index (Phi) is 6.39. The topological polar surface area (TPSA) is 35.9 Å². The molecule has 33 heavy (non-hydrogen) atoms. The molecule has 0 N–H and O–H groups in total. The van der Waals surface area contributed by atoms with E-state index in [0.717, 1.165) is 37.2 Å². The second-order valence-electron chi connectivity index (χ2n) is 8.49. The maximum Gasteiger partial charge on any atom is 0.227 e. The largest absolute Gasteiger partial charge is 0.348 e. The van der Waals surface area contributed by atoms with Crippen LogP contribution in [-0.2, 0) is 11.2 Å². The lowest BCUT2D eigenvalue weighted by Gasteiger charge is -2.41. The van der Waals surface area contributed by atoms with Gasteiger partial charge in [-0.2, -0.15) is 0 Å². The summed E-state index contributed by atoms with van der Waals surface area (Å²) in [5, 5.41) is 1.09. The van der Waals surface area contributed by atoms with Gasteiger partial charge >= 0.3 is 0 Å². The van der Waals surface area contributed by atoms with Gasteiger partial charge in [0.25, 0.3) is 0 Å². The Morgan fingerprint density at radius 3 is 2.27 bits per heavy atom. The van der Waals surface area contributed by atoms with Crippen molar-refractivity contribution in [3.05, 3.63) is 99.5 Å². The minimum absolute atomic E-state index is 0.0758. The number of benzene rings is 3. The first kappa shape index (κ1) is 22.0. The predicted molar refractivity (Wildman–Crippen MR) is 136 cm³/mol. The molecule has 2 aliphatic heterocycles. The van der Waals surface area contributed by atoms with Crippen LogP contribution in [0.2, 0.25) is 10.0 Å². The number of nitrogens with zero attached hydrogens (tertiary/aromatic N) is 3. The normalized spacial score (nSPS) is 16.4. The number of carbonyl (C=O) groups is 1. The number of likely N-dealkylation sites (tertiary alicyclic amines) is 1. The molecule has 0 aromatic heterocycles. The summed E-state index contributed by atoms with van der Waals surface area (Å²) in [6, 6.07) is 24.6. The molecule has 0 atom stereocenters. The Hall–Kier alpha value is -2.82.